The Morgan fingerprint density at radius 2 is 1.87 bits per heavy atom. The van der Waals surface area contributed by atoms with E-state index in [1.807, 2.05) is 30.1 Å². The zero-order valence-electron chi connectivity index (χ0n) is 17.4. The summed E-state index contributed by atoms with van der Waals surface area (Å²) >= 11 is 8.07. The molecular formula is C24H29ClN4S. The summed E-state index contributed by atoms with van der Waals surface area (Å²) in [4.78, 5) is 9.56. The average molecular weight is 441 g/mol. The number of anilines is 2. The van der Waals surface area contributed by atoms with Crippen LogP contribution in [0.15, 0.2) is 60.8 Å². The summed E-state index contributed by atoms with van der Waals surface area (Å²) in [5, 5.41) is 5.67. The number of rotatable bonds is 8. The molecule has 0 saturated carbocycles. The molecule has 4 nitrogen and oxygen atoms in total. The predicted molar refractivity (Wildman–Crippen MR) is 132 cm³/mol. The predicted octanol–water partition coefficient (Wildman–Crippen LogP) is 5.24. The van der Waals surface area contributed by atoms with Crippen molar-refractivity contribution in [3.63, 3.8) is 0 Å². The standard InChI is InChI=1S/C24H29ClN4S/c1-30-16-10-20(27-23-9-11-26-24-17-19(25)7-8-22(23)24)18-28-12-14-29(15-13-28)21-5-3-2-4-6-21/h2-9,11,17,20H,10,12-16,18H2,1H3,(H,26,27). The second-order valence-corrected chi connectivity index (χ2v) is 9.19. The summed E-state index contributed by atoms with van der Waals surface area (Å²) in [6.45, 7) is 5.41. The van der Waals surface area contributed by atoms with E-state index in [1.165, 1.54) is 5.69 Å². The first-order chi connectivity index (χ1) is 14.7. The number of fused-ring (bicyclic) bond motifs is 1. The normalized spacial score (nSPS) is 16.0. The van der Waals surface area contributed by atoms with Gasteiger partial charge in [0.1, 0.15) is 0 Å². The molecule has 1 aromatic heterocycles. The first-order valence-corrected chi connectivity index (χ1v) is 12.3. The highest BCUT2D eigenvalue weighted by atomic mass is 35.5. The van der Waals surface area contributed by atoms with E-state index in [2.05, 4.69) is 68.8 Å². The van der Waals surface area contributed by atoms with Gasteiger partial charge in [0.25, 0.3) is 0 Å². The highest BCUT2D eigenvalue weighted by Crippen LogP contribution is 2.26. The Kier molecular flexibility index (Phi) is 7.37. The first kappa shape index (κ1) is 21.3. The Bertz CT molecular complexity index is 944. The highest BCUT2D eigenvalue weighted by Gasteiger charge is 2.21. The maximum Gasteiger partial charge on any atom is 0.0737 e. The molecule has 0 aliphatic carbocycles. The van der Waals surface area contributed by atoms with Crippen LogP contribution in [0.3, 0.4) is 0 Å². The van der Waals surface area contributed by atoms with Crippen LogP contribution in [0.2, 0.25) is 5.02 Å². The molecule has 1 aliphatic rings. The first-order valence-electron chi connectivity index (χ1n) is 10.5. The van der Waals surface area contributed by atoms with Gasteiger partial charge in [-0.05, 0) is 54.8 Å². The van der Waals surface area contributed by atoms with E-state index in [9.17, 15) is 0 Å². The van der Waals surface area contributed by atoms with E-state index in [0.717, 1.165) is 66.5 Å². The number of piperazine rings is 1. The van der Waals surface area contributed by atoms with Crippen LogP contribution in [0.5, 0.6) is 0 Å². The molecular weight excluding hydrogens is 412 g/mol. The zero-order chi connectivity index (χ0) is 20.8. The van der Waals surface area contributed by atoms with Crippen molar-refractivity contribution in [3.8, 4) is 0 Å². The largest absolute Gasteiger partial charge is 0.380 e. The van der Waals surface area contributed by atoms with Crippen molar-refractivity contribution in [2.45, 2.75) is 12.5 Å². The lowest BCUT2D eigenvalue weighted by Crippen LogP contribution is -2.49. The van der Waals surface area contributed by atoms with Crippen LogP contribution in [0.25, 0.3) is 10.9 Å². The van der Waals surface area contributed by atoms with E-state index < -0.39 is 0 Å². The second kappa shape index (κ2) is 10.4. The van der Waals surface area contributed by atoms with E-state index >= 15 is 0 Å². The number of aromatic nitrogens is 1. The van der Waals surface area contributed by atoms with Gasteiger partial charge in [-0.25, -0.2) is 0 Å². The molecule has 0 radical (unpaired) electrons. The number of nitrogens with one attached hydrogen (secondary N) is 1. The van der Waals surface area contributed by atoms with Crippen LogP contribution in [0.4, 0.5) is 11.4 Å². The van der Waals surface area contributed by atoms with Gasteiger partial charge in [0.2, 0.25) is 0 Å². The van der Waals surface area contributed by atoms with Crippen LogP contribution in [0.1, 0.15) is 6.42 Å². The van der Waals surface area contributed by atoms with Gasteiger partial charge in [-0.15, -0.1) is 0 Å². The lowest BCUT2D eigenvalue weighted by molar-refractivity contribution is 0.246. The molecule has 3 aromatic rings. The minimum atomic E-state index is 0.405. The quantitative estimate of drug-likeness (QED) is 0.517. The minimum Gasteiger partial charge on any atom is -0.380 e. The number of para-hydroxylation sites is 1. The molecule has 0 spiro atoms. The summed E-state index contributed by atoms with van der Waals surface area (Å²) in [7, 11) is 0. The zero-order valence-corrected chi connectivity index (χ0v) is 19.0. The third kappa shape index (κ3) is 5.39. The van der Waals surface area contributed by atoms with E-state index in [-0.39, 0.29) is 0 Å². The number of benzene rings is 2. The van der Waals surface area contributed by atoms with E-state index in [0.29, 0.717) is 6.04 Å². The number of thioether (sulfide) groups is 1. The molecule has 30 heavy (non-hydrogen) atoms. The molecule has 0 bridgehead atoms. The maximum absolute atomic E-state index is 6.16. The third-order valence-electron chi connectivity index (χ3n) is 5.71. The van der Waals surface area contributed by atoms with Gasteiger partial charge in [-0.1, -0.05) is 29.8 Å². The number of halogens is 1. The molecule has 1 atom stereocenters. The molecule has 158 valence electrons. The smallest absolute Gasteiger partial charge is 0.0737 e. The Morgan fingerprint density at radius 3 is 2.63 bits per heavy atom. The molecule has 4 rings (SSSR count). The monoisotopic (exact) mass is 440 g/mol. The van der Waals surface area contributed by atoms with Crippen molar-refractivity contribution in [1.82, 2.24) is 9.88 Å². The second-order valence-electron chi connectivity index (χ2n) is 7.77. The molecule has 6 heteroatoms. The van der Waals surface area contributed by atoms with E-state index in [1.54, 1.807) is 0 Å². The summed E-state index contributed by atoms with van der Waals surface area (Å²) in [6.07, 6.45) is 5.18. The van der Waals surface area contributed by atoms with Gasteiger partial charge >= 0.3 is 0 Å². The Hall–Kier alpha value is -1.95. The van der Waals surface area contributed by atoms with Crippen molar-refractivity contribution in [3.05, 3.63) is 65.8 Å². The molecule has 1 saturated heterocycles. The lowest BCUT2D eigenvalue weighted by atomic mass is 10.1. The summed E-state index contributed by atoms with van der Waals surface area (Å²) < 4.78 is 0. The van der Waals surface area contributed by atoms with Crippen molar-refractivity contribution in [2.24, 2.45) is 0 Å². The third-order valence-corrected chi connectivity index (χ3v) is 6.59. The van der Waals surface area contributed by atoms with E-state index in [4.69, 9.17) is 11.6 Å². The van der Waals surface area contributed by atoms with Crippen LogP contribution in [-0.2, 0) is 0 Å². The fourth-order valence-corrected chi connectivity index (χ4v) is 4.76. The van der Waals surface area contributed by atoms with Crippen molar-refractivity contribution < 1.29 is 0 Å². The molecule has 1 N–H and O–H groups in total. The lowest BCUT2D eigenvalue weighted by Gasteiger charge is -2.38. The van der Waals surface area contributed by atoms with Crippen LogP contribution in [0, 0.1) is 0 Å². The fourth-order valence-electron chi connectivity index (χ4n) is 4.08. The van der Waals surface area contributed by atoms with Crippen molar-refractivity contribution in [2.75, 3.05) is 54.9 Å². The van der Waals surface area contributed by atoms with Gasteiger partial charge in [-0.2, -0.15) is 11.8 Å². The Balaban J connectivity index is 1.41. The topological polar surface area (TPSA) is 31.4 Å². The Labute approximate surface area is 188 Å². The molecule has 2 heterocycles. The highest BCUT2D eigenvalue weighted by molar-refractivity contribution is 7.98. The van der Waals surface area contributed by atoms with Crippen LogP contribution < -0.4 is 10.2 Å². The SMILES string of the molecule is CSCCC(CN1CCN(c2ccccc2)CC1)Nc1ccnc2cc(Cl)ccc12. The van der Waals surface area contributed by atoms with Gasteiger partial charge in [0.15, 0.2) is 0 Å². The molecule has 1 fully saturated rings. The molecule has 0 amide bonds. The summed E-state index contributed by atoms with van der Waals surface area (Å²) in [5.41, 5.74) is 3.41. The van der Waals surface area contributed by atoms with Gasteiger partial charge in [0.05, 0.1) is 5.52 Å². The number of nitrogens with zero attached hydrogens (tertiary/aromatic N) is 3. The molecule has 1 aliphatic heterocycles. The summed E-state index contributed by atoms with van der Waals surface area (Å²) in [6, 6.07) is 19.2. The van der Waals surface area contributed by atoms with Crippen molar-refractivity contribution >= 4 is 45.6 Å². The maximum atomic E-state index is 6.16. The van der Waals surface area contributed by atoms with Crippen molar-refractivity contribution in [1.29, 1.82) is 0 Å². The number of pyridine rings is 1. The Morgan fingerprint density at radius 1 is 1.07 bits per heavy atom. The van der Waals surface area contributed by atoms with Gasteiger partial charge in [-0.3, -0.25) is 9.88 Å². The van der Waals surface area contributed by atoms with Crippen LogP contribution in [-0.4, -0.2) is 60.7 Å². The van der Waals surface area contributed by atoms with Crippen LogP contribution >= 0.6 is 23.4 Å². The fraction of sp³-hybridized carbons (Fsp3) is 0.375. The summed E-state index contributed by atoms with van der Waals surface area (Å²) in [5.74, 6) is 1.15. The minimum absolute atomic E-state index is 0.405. The molecule has 2 aromatic carbocycles. The van der Waals surface area contributed by atoms with Gasteiger partial charge < -0.3 is 10.2 Å². The van der Waals surface area contributed by atoms with Gasteiger partial charge in [0, 0.05) is 66.7 Å². The number of hydrogen-bond donors (Lipinski definition) is 1. The number of hydrogen-bond acceptors (Lipinski definition) is 5. The average Bonchev–Trinajstić information content (AvgIpc) is 2.78. The molecule has 1 unspecified atom stereocenters.